The van der Waals surface area contributed by atoms with Crippen LogP contribution >= 0.6 is 23.2 Å². The van der Waals surface area contributed by atoms with Crippen molar-refractivity contribution in [2.24, 2.45) is 10.2 Å². The molecule has 0 aromatic heterocycles. The molecule has 1 saturated carbocycles. The van der Waals surface area contributed by atoms with Gasteiger partial charge in [-0.05, 0) is 35.7 Å². The van der Waals surface area contributed by atoms with Gasteiger partial charge >= 0.3 is 0 Å². The van der Waals surface area contributed by atoms with Crippen molar-refractivity contribution < 1.29 is 31.0 Å². The van der Waals surface area contributed by atoms with Crippen molar-refractivity contribution in [2.45, 2.75) is 26.6 Å². The Bertz CT molecular complexity index is 1500. The number of hydrogen-bond donors (Lipinski definition) is 4. The molecule has 0 bridgehead atoms. The monoisotopic (exact) mass is 577 g/mol. The second kappa shape index (κ2) is 11.5. The molecular formula is C19H15Cl2N3Na2O7S2. The molecule has 1 aliphatic rings. The minimum atomic E-state index is -4.93. The Hall–Kier alpha value is -0.480. The van der Waals surface area contributed by atoms with E-state index in [0.29, 0.717) is 5.69 Å². The maximum absolute atomic E-state index is 12.0. The molecule has 2 unspecified atom stereocenters. The summed E-state index contributed by atoms with van der Waals surface area (Å²) in [5.74, 6) is -0.706. The van der Waals surface area contributed by atoms with Crippen LogP contribution in [-0.2, 0) is 20.2 Å². The fourth-order valence-electron chi connectivity index (χ4n) is 3.20. The summed E-state index contributed by atoms with van der Waals surface area (Å²) >= 11 is 12.1. The van der Waals surface area contributed by atoms with Crippen LogP contribution < -0.4 is 5.32 Å². The van der Waals surface area contributed by atoms with Crippen LogP contribution in [0.5, 0.6) is 5.75 Å². The van der Waals surface area contributed by atoms with E-state index in [1.54, 1.807) is 30.3 Å². The molecule has 3 aromatic carbocycles. The average Bonchev–Trinajstić information content (AvgIpc) is 3.30. The van der Waals surface area contributed by atoms with E-state index in [1.807, 2.05) is 0 Å². The molecule has 4 rings (SSSR count). The molecule has 0 spiro atoms. The van der Waals surface area contributed by atoms with E-state index in [2.05, 4.69) is 15.5 Å². The first-order valence-corrected chi connectivity index (χ1v) is 12.9. The van der Waals surface area contributed by atoms with Crippen LogP contribution in [0.15, 0.2) is 68.6 Å². The summed E-state index contributed by atoms with van der Waals surface area (Å²) < 4.78 is 66.8. The van der Waals surface area contributed by atoms with Gasteiger partial charge in [0.25, 0.3) is 20.2 Å². The Kier molecular flexibility index (Phi) is 10.1. The molecule has 16 heteroatoms. The molecule has 1 fully saturated rings. The SMILES string of the molecule is O=S(=O)(O)c1cc(NC2C(Cl)C2Cl)c2c(O)c(N=Nc3ccccc3)c(S(=O)(=O)O)cc2c1.[Na].[Na]. The van der Waals surface area contributed by atoms with Gasteiger partial charge in [-0.15, -0.1) is 28.3 Å². The quantitative estimate of drug-likeness (QED) is 0.149. The second-order valence-electron chi connectivity index (χ2n) is 7.19. The predicted molar refractivity (Wildman–Crippen MR) is 134 cm³/mol. The Morgan fingerprint density at radius 3 is 1.97 bits per heavy atom. The van der Waals surface area contributed by atoms with Crippen molar-refractivity contribution in [1.82, 2.24) is 0 Å². The minimum absolute atomic E-state index is 0. The van der Waals surface area contributed by atoms with Crippen LogP contribution in [0.25, 0.3) is 10.8 Å². The number of nitrogens with zero attached hydrogens (tertiary/aromatic N) is 2. The zero-order chi connectivity index (χ0) is 24.1. The van der Waals surface area contributed by atoms with Crippen LogP contribution in [0, 0.1) is 0 Å². The van der Waals surface area contributed by atoms with Crippen LogP contribution in [0.3, 0.4) is 0 Å². The molecule has 2 radical (unpaired) electrons. The third-order valence-electron chi connectivity index (χ3n) is 4.89. The molecule has 0 heterocycles. The van der Waals surface area contributed by atoms with Crippen molar-refractivity contribution in [2.75, 3.05) is 5.32 Å². The predicted octanol–water partition coefficient (Wildman–Crippen LogP) is 3.70. The number of aromatic hydroxyl groups is 1. The van der Waals surface area contributed by atoms with E-state index in [0.717, 1.165) is 18.2 Å². The molecule has 3 aromatic rings. The first-order valence-electron chi connectivity index (χ1n) is 9.18. The van der Waals surface area contributed by atoms with Crippen molar-refractivity contribution in [3.8, 4) is 5.75 Å². The number of anilines is 1. The van der Waals surface area contributed by atoms with Crippen molar-refractivity contribution in [3.05, 3.63) is 48.5 Å². The van der Waals surface area contributed by atoms with E-state index in [4.69, 9.17) is 23.2 Å². The molecule has 176 valence electrons. The van der Waals surface area contributed by atoms with Gasteiger partial charge in [0.05, 0.1) is 27.4 Å². The van der Waals surface area contributed by atoms with Gasteiger partial charge in [0.1, 0.15) is 10.6 Å². The topological polar surface area (TPSA) is 166 Å². The minimum Gasteiger partial charge on any atom is -0.505 e. The van der Waals surface area contributed by atoms with Crippen LogP contribution in [-0.4, -0.2) is 107 Å². The summed E-state index contributed by atoms with van der Waals surface area (Å²) in [6, 6.07) is 10.6. The number of alkyl halides is 2. The maximum Gasteiger partial charge on any atom is 0.296 e. The van der Waals surface area contributed by atoms with E-state index >= 15 is 0 Å². The van der Waals surface area contributed by atoms with Crippen LogP contribution in [0.2, 0.25) is 0 Å². The largest absolute Gasteiger partial charge is 0.505 e. The number of fused-ring (bicyclic) bond motifs is 1. The maximum atomic E-state index is 12.0. The Labute approximate surface area is 255 Å². The van der Waals surface area contributed by atoms with Crippen LogP contribution in [0.1, 0.15) is 0 Å². The van der Waals surface area contributed by atoms with Gasteiger partial charge in [0.2, 0.25) is 0 Å². The molecule has 10 nitrogen and oxygen atoms in total. The number of benzene rings is 3. The van der Waals surface area contributed by atoms with Crippen molar-refractivity contribution in [1.29, 1.82) is 0 Å². The summed E-state index contributed by atoms with van der Waals surface area (Å²) in [6.45, 7) is 0. The van der Waals surface area contributed by atoms with E-state index in [1.165, 1.54) is 0 Å². The number of phenolic OH excluding ortho intramolecular Hbond substituents is 1. The summed E-state index contributed by atoms with van der Waals surface area (Å²) in [6.07, 6.45) is 0. The van der Waals surface area contributed by atoms with Gasteiger partial charge in [0, 0.05) is 70.2 Å². The van der Waals surface area contributed by atoms with Gasteiger partial charge in [-0.25, -0.2) is 0 Å². The third kappa shape index (κ3) is 6.70. The zero-order valence-electron chi connectivity index (χ0n) is 18.3. The zero-order valence-corrected chi connectivity index (χ0v) is 25.4. The van der Waals surface area contributed by atoms with Gasteiger partial charge < -0.3 is 10.4 Å². The van der Waals surface area contributed by atoms with Crippen LogP contribution in [0.4, 0.5) is 17.1 Å². The average molecular weight is 578 g/mol. The molecule has 1 aliphatic carbocycles. The van der Waals surface area contributed by atoms with Gasteiger partial charge in [0.15, 0.2) is 5.75 Å². The third-order valence-corrected chi connectivity index (χ3v) is 7.81. The number of hydrogen-bond acceptors (Lipinski definition) is 8. The molecular weight excluding hydrogens is 563 g/mol. The smallest absolute Gasteiger partial charge is 0.296 e. The Morgan fingerprint density at radius 2 is 1.46 bits per heavy atom. The fourth-order valence-corrected chi connectivity index (χ4v) is 5.06. The van der Waals surface area contributed by atoms with E-state index < -0.39 is 58.3 Å². The van der Waals surface area contributed by atoms with E-state index in [9.17, 15) is 31.0 Å². The molecule has 0 aliphatic heterocycles. The number of rotatable bonds is 6. The number of halogens is 2. The Morgan fingerprint density at radius 1 is 0.857 bits per heavy atom. The summed E-state index contributed by atoms with van der Waals surface area (Å²) in [5, 5.41) is 20.4. The first kappa shape index (κ1) is 30.7. The summed E-state index contributed by atoms with van der Waals surface area (Å²) in [5.41, 5.74) is -0.238. The number of nitrogens with one attached hydrogen (secondary N) is 1. The number of phenols is 1. The summed E-state index contributed by atoms with van der Waals surface area (Å²) in [4.78, 5) is -1.41. The standard InChI is InChI=1S/C19H15Cl2N3O7S2.2Na/c20-15-16(21)18(15)22-12-8-11(32(26,27)28)6-9-7-13(33(29,30)31)17(19(25)14(9)12)24-23-10-4-2-1-3-5-10;;/h1-8,15-16,18,22,25H,(H,26,27,28)(H,29,30,31);;. The number of azo groups is 1. The van der Waals surface area contributed by atoms with Crippen molar-refractivity contribution in [3.63, 3.8) is 0 Å². The fraction of sp³-hybridized carbons (Fsp3) is 0.158. The molecule has 0 amide bonds. The molecule has 0 saturated heterocycles. The van der Waals surface area contributed by atoms with Gasteiger partial charge in [-0.2, -0.15) is 21.9 Å². The summed E-state index contributed by atoms with van der Waals surface area (Å²) in [7, 11) is -9.65. The molecule has 2 atom stereocenters. The van der Waals surface area contributed by atoms with Crippen molar-refractivity contribution >= 4 is 130 Å². The Balaban J connectivity index is 0.00000216. The normalized spacial score (nSPS) is 19.7. The molecule has 4 N–H and O–H groups in total. The second-order valence-corrected chi connectivity index (χ2v) is 11.0. The molecule has 35 heavy (non-hydrogen) atoms. The van der Waals surface area contributed by atoms with Gasteiger partial charge in [-0.3, -0.25) is 9.11 Å². The first-order chi connectivity index (χ1) is 15.4. The van der Waals surface area contributed by atoms with Gasteiger partial charge in [-0.1, -0.05) is 18.2 Å². The van der Waals surface area contributed by atoms with E-state index in [-0.39, 0.29) is 75.6 Å².